The molecule has 0 heterocycles. The van der Waals surface area contributed by atoms with Crippen molar-refractivity contribution in [3.05, 3.63) is 54.1 Å². The number of hydrogen-bond acceptors (Lipinski definition) is 1. The van der Waals surface area contributed by atoms with Crippen molar-refractivity contribution < 1.29 is 4.79 Å². The highest BCUT2D eigenvalue weighted by Crippen LogP contribution is 2.18. The second-order valence-electron chi connectivity index (χ2n) is 4.18. The number of carbonyl (C=O) groups is 1. The Hall–Kier alpha value is -1.83. The van der Waals surface area contributed by atoms with E-state index in [-0.39, 0.29) is 5.78 Å². The maximum absolute atomic E-state index is 11.2. The molecule has 0 saturated carbocycles. The Morgan fingerprint density at radius 3 is 1.76 bits per heavy atom. The second kappa shape index (κ2) is 5.00. The molecule has 84 valence electrons. The Morgan fingerprint density at radius 1 is 0.882 bits per heavy atom. The van der Waals surface area contributed by atoms with Gasteiger partial charge in [-0.3, -0.25) is 4.79 Å². The van der Waals surface area contributed by atoms with Gasteiger partial charge in [0.25, 0.3) is 0 Å². The quantitative estimate of drug-likeness (QED) is 0.576. The van der Waals surface area contributed by atoms with Crippen LogP contribution in [-0.2, 0) is 0 Å². The number of rotatable bonds is 3. The van der Waals surface area contributed by atoms with Crippen molar-refractivity contribution in [3.63, 3.8) is 0 Å². The zero-order chi connectivity index (χ0) is 12.3. The molecule has 0 atom stereocenters. The SMILES string of the molecule is CBc1ccc(-c2ccc(C(C)=O)cc2)cc1. The molecule has 0 aliphatic carbocycles. The number of hydrogen-bond donors (Lipinski definition) is 0. The lowest BCUT2D eigenvalue weighted by molar-refractivity contribution is 0.101. The fourth-order valence-corrected chi connectivity index (χ4v) is 1.83. The lowest BCUT2D eigenvalue weighted by Crippen LogP contribution is -2.08. The molecular formula is C15H15BO. The first-order valence-electron chi connectivity index (χ1n) is 5.91. The summed E-state index contributed by atoms with van der Waals surface area (Å²) >= 11 is 0. The molecule has 0 fully saturated rings. The Morgan fingerprint density at radius 2 is 1.35 bits per heavy atom. The van der Waals surface area contributed by atoms with Crippen LogP contribution in [0.4, 0.5) is 0 Å². The van der Waals surface area contributed by atoms with Crippen molar-refractivity contribution in [3.8, 4) is 11.1 Å². The molecule has 0 radical (unpaired) electrons. The summed E-state index contributed by atoms with van der Waals surface area (Å²) in [5.41, 5.74) is 4.45. The zero-order valence-electron chi connectivity index (χ0n) is 10.2. The highest BCUT2D eigenvalue weighted by Gasteiger charge is 2.01. The molecule has 0 aliphatic rings. The second-order valence-corrected chi connectivity index (χ2v) is 4.18. The van der Waals surface area contributed by atoms with Gasteiger partial charge in [-0.1, -0.05) is 60.8 Å². The van der Waals surface area contributed by atoms with E-state index in [4.69, 9.17) is 0 Å². The van der Waals surface area contributed by atoms with Gasteiger partial charge < -0.3 is 0 Å². The van der Waals surface area contributed by atoms with Crippen LogP contribution in [0.25, 0.3) is 11.1 Å². The molecule has 0 bridgehead atoms. The third-order valence-corrected chi connectivity index (χ3v) is 2.99. The highest BCUT2D eigenvalue weighted by atomic mass is 16.1. The van der Waals surface area contributed by atoms with E-state index in [0.717, 1.165) is 18.4 Å². The minimum Gasteiger partial charge on any atom is -0.295 e. The predicted octanol–water partition coefficient (Wildman–Crippen LogP) is 2.67. The number of carbonyl (C=O) groups excluding carboxylic acids is 1. The van der Waals surface area contributed by atoms with Crippen LogP contribution in [-0.4, -0.2) is 13.1 Å². The molecule has 0 amide bonds. The lowest BCUT2D eigenvalue weighted by Gasteiger charge is -2.04. The van der Waals surface area contributed by atoms with Gasteiger partial charge in [0, 0.05) is 5.56 Å². The van der Waals surface area contributed by atoms with E-state index >= 15 is 0 Å². The maximum Gasteiger partial charge on any atom is 0.159 e. The van der Waals surface area contributed by atoms with Crippen molar-refractivity contribution in [1.82, 2.24) is 0 Å². The fourth-order valence-electron chi connectivity index (χ4n) is 1.83. The molecule has 2 aromatic rings. The largest absolute Gasteiger partial charge is 0.295 e. The van der Waals surface area contributed by atoms with Crippen molar-refractivity contribution >= 4 is 18.5 Å². The molecule has 0 N–H and O–H groups in total. The van der Waals surface area contributed by atoms with Gasteiger partial charge in [-0.15, -0.1) is 0 Å². The van der Waals surface area contributed by atoms with Crippen molar-refractivity contribution in [1.29, 1.82) is 0 Å². The van der Waals surface area contributed by atoms with E-state index < -0.39 is 0 Å². The van der Waals surface area contributed by atoms with E-state index in [9.17, 15) is 4.79 Å². The number of ketones is 1. The van der Waals surface area contributed by atoms with Gasteiger partial charge >= 0.3 is 0 Å². The molecule has 0 spiro atoms. The zero-order valence-corrected chi connectivity index (χ0v) is 10.2. The predicted molar refractivity (Wildman–Crippen MR) is 74.5 cm³/mol. The van der Waals surface area contributed by atoms with Gasteiger partial charge in [0.1, 0.15) is 0 Å². The van der Waals surface area contributed by atoms with Crippen LogP contribution in [0.3, 0.4) is 0 Å². The first-order chi connectivity index (χ1) is 8.20. The Balaban J connectivity index is 2.29. The molecular weight excluding hydrogens is 207 g/mol. The van der Waals surface area contributed by atoms with Crippen LogP contribution < -0.4 is 5.46 Å². The van der Waals surface area contributed by atoms with Crippen LogP contribution in [0.15, 0.2) is 48.5 Å². The molecule has 0 saturated heterocycles. The van der Waals surface area contributed by atoms with Crippen LogP contribution in [0.2, 0.25) is 6.82 Å². The number of Topliss-reactive ketones (excluding diaryl/α,β-unsaturated/α-hetero) is 1. The van der Waals surface area contributed by atoms with Crippen molar-refractivity contribution in [2.45, 2.75) is 13.7 Å². The molecule has 2 heteroatoms. The first kappa shape index (κ1) is 11.7. The monoisotopic (exact) mass is 222 g/mol. The summed E-state index contributed by atoms with van der Waals surface area (Å²) in [6.07, 6.45) is 0. The van der Waals surface area contributed by atoms with Gasteiger partial charge in [0.05, 0.1) is 0 Å². The summed E-state index contributed by atoms with van der Waals surface area (Å²) in [5, 5.41) is 0. The Labute approximate surface area is 103 Å². The van der Waals surface area contributed by atoms with Gasteiger partial charge in [-0.2, -0.15) is 0 Å². The molecule has 17 heavy (non-hydrogen) atoms. The van der Waals surface area contributed by atoms with E-state index in [1.165, 1.54) is 11.0 Å². The summed E-state index contributed by atoms with van der Waals surface area (Å²) in [6, 6.07) is 16.3. The maximum atomic E-state index is 11.2. The summed E-state index contributed by atoms with van der Waals surface area (Å²) in [6.45, 7) is 3.74. The van der Waals surface area contributed by atoms with Gasteiger partial charge in [-0.25, -0.2) is 0 Å². The third-order valence-electron chi connectivity index (χ3n) is 2.99. The smallest absolute Gasteiger partial charge is 0.159 e. The van der Waals surface area contributed by atoms with Crippen LogP contribution in [0, 0.1) is 0 Å². The lowest BCUT2D eigenvalue weighted by atomic mass is 9.73. The van der Waals surface area contributed by atoms with Crippen LogP contribution >= 0.6 is 0 Å². The van der Waals surface area contributed by atoms with Crippen LogP contribution in [0.5, 0.6) is 0 Å². The first-order valence-corrected chi connectivity index (χ1v) is 5.91. The Bertz CT molecular complexity index is 512. The van der Waals surface area contributed by atoms with Gasteiger partial charge in [0.15, 0.2) is 13.1 Å². The summed E-state index contributed by atoms with van der Waals surface area (Å²) in [7, 11) is 1.06. The van der Waals surface area contributed by atoms with Crippen molar-refractivity contribution in [2.24, 2.45) is 0 Å². The standard InChI is InChI=1S/C15H15BO/c1-11(17)12-3-5-13(6-4-12)14-7-9-15(16-2)10-8-14/h3-10,16H,1-2H3. The van der Waals surface area contributed by atoms with Gasteiger partial charge in [0.2, 0.25) is 0 Å². The summed E-state index contributed by atoms with van der Waals surface area (Å²) in [4.78, 5) is 11.2. The Kier molecular flexibility index (Phi) is 3.43. The average molecular weight is 222 g/mol. The minimum atomic E-state index is 0.109. The van der Waals surface area contributed by atoms with E-state index in [0.29, 0.717) is 0 Å². The van der Waals surface area contributed by atoms with E-state index in [1.54, 1.807) is 6.92 Å². The normalized spacial score (nSPS) is 10.0. The highest BCUT2D eigenvalue weighted by molar-refractivity contribution is 6.51. The molecule has 0 aliphatic heterocycles. The molecule has 2 rings (SSSR count). The molecule has 1 nitrogen and oxygen atoms in total. The van der Waals surface area contributed by atoms with Crippen molar-refractivity contribution in [2.75, 3.05) is 0 Å². The third kappa shape index (κ3) is 2.65. The number of benzene rings is 2. The van der Waals surface area contributed by atoms with E-state index in [1.807, 2.05) is 24.3 Å². The molecule has 0 aromatic heterocycles. The summed E-state index contributed by atoms with van der Waals surface area (Å²) < 4.78 is 0. The molecule has 2 aromatic carbocycles. The topological polar surface area (TPSA) is 17.1 Å². The minimum absolute atomic E-state index is 0.109. The summed E-state index contributed by atoms with van der Waals surface area (Å²) in [5.74, 6) is 0.109. The van der Waals surface area contributed by atoms with Gasteiger partial charge in [-0.05, 0) is 18.1 Å². The van der Waals surface area contributed by atoms with E-state index in [2.05, 4.69) is 31.1 Å². The average Bonchev–Trinajstić information content (AvgIpc) is 2.39. The fraction of sp³-hybridized carbons (Fsp3) is 0.133. The molecule has 0 unspecified atom stereocenters. The van der Waals surface area contributed by atoms with Crippen LogP contribution in [0.1, 0.15) is 17.3 Å².